The summed E-state index contributed by atoms with van der Waals surface area (Å²) < 4.78 is 0. The van der Waals surface area contributed by atoms with Crippen LogP contribution in [0.5, 0.6) is 0 Å². The first kappa shape index (κ1) is 13.6. The largest absolute Gasteiger partial charge is 0.476 e. The summed E-state index contributed by atoms with van der Waals surface area (Å²) in [6, 6.07) is 0. The van der Waals surface area contributed by atoms with Crippen LogP contribution in [-0.2, 0) is 0 Å². The number of rotatable bonds is 6. The number of aromatic nitrogens is 1. The van der Waals surface area contributed by atoms with Gasteiger partial charge in [0.2, 0.25) is 5.01 Å². The first-order valence-corrected chi connectivity index (χ1v) is 6.07. The van der Waals surface area contributed by atoms with Crippen LogP contribution in [0.1, 0.15) is 33.6 Å². The van der Waals surface area contributed by atoms with Crippen LogP contribution >= 0.6 is 11.3 Å². The fourth-order valence-electron chi connectivity index (χ4n) is 1.30. The van der Waals surface area contributed by atoms with Crippen molar-refractivity contribution in [1.29, 1.82) is 0 Å². The number of hydrogen-bond donors (Lipinski definition) is 2. The van der Waals surface area contributed by atoms with Crippen molar-refractivity contribution in [2.24, 2.45) is 0 Å². The van der Waals surface area contributed by atoms with Gasteiger partial charge in [0.15, 0.2) is 0 Å². The zero-order valence-corrected chi connectivity index (χ0v) is 10.2. The van der Waals surface area contributed by atoms with E-state index in [0.29, 0.717) is 19.5 Å². The summed E-state index contributed by atoms with van der Waals surface area (Å²) in [6.07, 6.45) is 0.496. The molecule has 0 radical (unpaired) electrons. The molecule has 0 atom stereocenters. The third-order valence-electron chi connectivity index (χ3n) is 2.16. The Kier molecular flexibility index (Phi) is 5.05. The highest BCUT2D eigenvalue weighted by Crippen LogP contribution is 2.12. The molecule has 0 unspecified atom stereocenters. The molecule has 1 heterocycles. The zero-order valence-electron chi connectivity index (χ0n) is 9.42. The monoisotopic (exact) mass is 258 g/mol. The van der Waals surface area contributed by atoms with E-state index >= 15 is 0 Å². The molecule has 0 aliphatic carbocycles. The first-order chi connectivity index (χ1) is 8.10. The summed E-state index contributed by atoms with van der Waals surface area (Å²) in [4.78, 5) is 27.8. The van der Waals surface area contributed by atoms with Gasteiger partial charge in [0, 0.05) is 25.1 Å². The van der Waals surface area contributed by atoms with E-state index in [1.54, 1.807) is 0 Å². The van der Waals surface area contributed by atoms with Crippen molar-refractivity contribution in [2.45, 2.75) is 13.3 Å². The molecule has 0 saturated carbocycles. The number of carboxylic acid groups (broad SMARTS) is 1. The van der Waals surface area contributed by atoms with Gasteiger partial charge in [-0.05, 0) is 13.3 Å². The molecule has 0 aliphatic rings. The smallest absolute Gasteiger partial charge is 0.365 e. The number of carbonyl (C=O) groups excluding carboxylic acids is 1. The Morgan fingerprint density at radius 2 is 2.24 bits per heavy atom. The number of aromatic carboxylic acids is 1. The van der Waals surface area contributed by atoms with Crippen LogP contribution in [0.15, 0.2) is 5.38 Å². The van der Waals surface area contributed by atoms with E-state index in [-0.39, 0.29) is 23.2 Å². The molecule has 1 aromatic rings. The molecule has 2 N–H and O–H groups in total. The second kappa shape index (κ2) is 6.31. The lowest BCUT2D eigenvalue weighted by atomic mass is 10.3. The highest BCUT2D eigenvalue weighted by Gasteiger charge is 2.18. The van der Waals surface area contributed by atoms with Crippen LogP contribution in [-0.4, -0.2) is 51.7 Å². The summed E-state index contributed by atoms with van der Waals surface area (Å²) in [6.45, 7) is 2.77. The van der Waals surface area contributed by atoms with E-state index in [2.05, 4.69) is 4.98 Å². The van der Waals surface area contributed by atoms with Crippen LogP contribution < -0.4 is 0 Å². The number of amides is 1. The Balaban J connectivity index is 2.75. The standard InChI is InChI=1S/C10H14N2O4S/c1-2-12(4-3-5-13)9(14)7-6-17-8(11-7)10(15)16/h6,13H,2-5H2,1H3,(H,15,16). The predicted molar refractivity (Wildman–Crippen MR) is 62.4 cm³/mol. The Morgan fingerprint density at radius 1 is 1.53 bits per heavy atom. The number of nitrogens with zero attached hydrogens (tertiary/aromatic N) is 2. The fraction of sp³-hybridized carbons (Fsp3) is 0.500. The van der Waals surface area contributed by atoms with Gasteiger partial charge in [-0.25, -0.2) is 9.78 Å². The second-order valence-electron chi connectivity index (χ2n) is 3.31. The number of carboxylic acids is 1. The third kappa shape index (κ3) is 3.50. The number of aliphatic hydroxyl groups excluding tert-OH is 1. The van der Waals surface area contributed by atoms with Crippen molar-refractivity contribution >= 4 is 23.2 Å². The summed E-state index contributed by atoms with van der Waals surface area (Å²) in [5, 5.41) is 18.8. The molecule has 1 rings (SSSR count). The molecule has 94 valence electrons. The Morgan fingerprint density at radius 3 is 2.71 bits per heavy atom. The molecular formula is C10H14N2O4S. The Labute approximate surface area is 103 Å². The van der Waals surface area contributed by atoms with Gasteiger partial charge in [0.05, 0.1) is 0 Å². The normalized spacial score (nSPS) is 10.2. The van der Waals surface area contributed by atoms with Gasteiger partial charge < -0.3 is 15.1 Å². The van der Waals surface area contributed by atoms with Crippen LogP contribution in [0, 0.1) is 0 Å². The summed E-state index contributed by atoms with van der Waals surface area (Å²) >= 11 is 0.930. The van der Waals surface area contributed by atoms with Gasteiger partial charge in [-0.2, -0.15) is 0 Å². The molecule has 0 bridgehead atoms. The number of hydrogen-bond acceptors (Lipinski definition) is 5. The average molecular weight is 258 g/mol. The molecular weight excluding hydrogens is 244 g/mol. The van der Waals surface area contributed by atoms with Gasteiger partial charge in [-0.1, -0.05) is 0 Å². The topological polar surface area (TPSA) is 90.7 Å². The molecule has 6 nitrogen and oxygen atoms in total. The van der Waals surface area contributed by atoms with Crippen molar-refractivity contribution in [2.75, 3.05) is 19.7 Å². The minimum Gasteiger partial charge on any atom is -0.476 e. The number of carbonyl (C=O) groups is 2. The minimum atomic E-state index is -1.13. The highest BCUT2D eigenvalue weighted by atomic mass is 32.1. The van der Waals surface area contributed by atoms with Gasteiger partial charge >= 0.3 is 5.97 Å². The molecule has 17 heavy (non-hydrogen) atoms. The van der Waals surface area contributed by atoms with Crippen molar-refractivity contribution in [3.8, 4) is 0 Å². The lowest BCUT2D eigenvalue weighted by Crippen LogP contribution is -2.32. The third-order valence-corrected chi connectivity index (χ3v) is 2.99. The van der Waals surface area contributed by atoms with E-state index in [1.807, 2.05) is 6.92 Å². The van der Waals surface area contributed by atoms with Gasteiger partial charge in [-0.15, -0.1) is 11.3 Å². The van der Waals surface area contributed by atoms with Crippen molar-refractivity contribution in [3.63, 3.8) is 0 Å². The predicted octanol–water partition coefficient (Wildman–Crippen LogP) is 0.686. The fourth-order valence-corrected chi connectivity index (χ4v) is 1.93. The summed E-state index contributed by atoms with van der Waals surface area (Å²) in [7, 11) is 0. The first-order valence-electron chi connectivity index (χ1n) is 5.19. The molecule has 0 spiro atoms. The summed E-state index contributed by atoms with van der Waals surface area (Å²) in [5.74, 6) is -1.43. The quantitative estimate of drug-likeness (QED) is 0.783. The molecule has 7 heteroatoms. The zero-order chi connectivity index (χ0) is 12.8. The lowest BCUT2D eigenvalue weighted by Gasteiger charge is -2.18. The van der Waals surface area contributed by atoms with Gasteiger partial charge in [0.1, 0.15) is 5.69 Å². The van der Waals surface area contributed by atoms with Gasteiger partial charge in [0.25, 0.3) is 5.91 Å². The van der Waals surface area contributed by atoms with Crippen molar-refractivity contribution in [3.05, 3.63) is 16.1 Å². The van der Waals surface area contributed by atoms with Crippen LogP contribution in [0.25, 0.3) is 0 Å². The molecule has 0 fully saturated rings. The van der Waals surface area contributed by atoms with E-state index in [0.717, 1.165) is 11.3 Å². The maximum Gasteiger partial charge on any atom is 0.365 e. The van der Waals surface area contributed by atoms with E-state index in [4.69, 9.17) is 10.2 Å². The number of thiazole rings is 1. The summed E-state index contributed by atoms with van der Waals surface area (Å²) in [5.41, 5.74) is 0.146. The van der Waals surface area contributed by atoms with Crippen LogP contribution in [0.4, 0.5) is 0 Å². The number of aliphatic hydroxyl groups is 1. The molecule has 0 aromatic carbocycles. The second-order valence-corrected chi connectivity index (χ2v) is 4.16. The van der Waals surface area contributed by atoms with E-state index in [1.165, 1.54) is 10.3 Å². The Hall–Kier alpha value is -1.47. The minimum absolute atomic E-state index is 0.0151. The highest BCUT2D eigenvalue weighted by molar-refractivity contribution is 7.11. The molecule has 0 aliphatic heterocycles. The maximum absolute atomic E-state index is 11.9. The van der Waals surface area contributed by atoms with Crippen molar-refractivity contribution < 1.29 is 19.8 Å². The van der Waals surface area contributed by atoms with E-state index < -0.39 is 5.97 Å². The molecule has 1 amide bonds. The molecule has 0 saturated heterocycles. The van der Waals surface area contributed by atoms with Crippen LogP contribution in [0.2, 0.25) is 0 Å². The molecule has 1 aromatic heterocycles. The lowest BCUT2D eigenvalue weighted by molar-refractivity contribution is 0.0696. The van der Waals surface area contributed by atoms with Crippen LogP contribution in [0.3, 0.4) is 0 Å². The maximum atomic E-state index is 11.9. The average Bonchev–Trinajstić information content (AvgIpc) is 2.79. The van der Waals surface area contributed by atoms with Gasteiger partial charge in [-0.3, -0.25) is 4.79 Å². The SMILES string of the molecule is CCN(CCCO)C(=O)c1csc(C(=O)O)n1. The van der Waals surface area contributed by atoms with Crippen molar-refractivity contribution in [1.82, 2.24) is 9.88 Å². The van der Waals surface area contributed by atoms with E-state index in [9.17, 15) is 9.59 Å². The Bertz CT molecular complexity index is 405.